The molecular weight excluding hydrogens is 253 g/mol. The molecule has 94 valence electrons. The molecule has 1 spiro atoms. The van der Waals surface area contributed by atoms with Gasteiger partial charge in [0.15, 0.2) is 5.82 Å². The van der Waals surface area contributed by atoms with Crippen molar-refractivity contribution in [2.75, 3.05) is 11.4 Å². The lowest BCUT2D eigenvalue weighted by Crippen LogP contribution is -2.31. The van der Waals surface area contributed by atoms with E-state index in [-0.39, 0.29) is 5.54 Å². The van der Waals surface area contributed by atoms with Gasteiger partial charge in [0.05, 0.1) is 12.1 Å². The van der Waals surface area contributed by atoms with Crippen molar-refractivity contribution in [3.05, 3.63) is 24.3 Å². The van der Waals surface area contributed by atoms with E-state index in [1.54, 1.807) is 0 Å². The molecule has 1 aliphatic carbocycles. The molecular formula is C13H13ClFN3. The lowest BCUT2D eigenvalue weighted by Gasteiger charge is -2.23. The maximum Gasteiger partial charge on any atom is 0.160 e. The molecule has 2 heterocycles. The Kier molecular flexibility index (Phi) is 1.99. The first-order chi connectivity index (χ1) is 8.70. The van der Waals surface area contributed by atoms with Crippen molar-refractivity contribution in [1.29, 1.82) is 0 Å². The summed E-state index contributed by atoms with van der Waals surface area (Å²) in [6.45, 7) is 0.442. The van der Waals surface area contributed by atoms with Crippen molar-refractivity contribution in [3.8, 4) is 0 Å². The van der Waals surface area contributed by atoms with E-state index in [1.807, 2.05) is 24.3 Å². The minimum absolute atomic E-state index is 0.0213. The Hall–Kier alpha value is -1.29. The van der Waals surface area contributed by atoms with Gasteiger partial charge in [-0.15, -0.1) is 5.10 Å². The number of fused-ring (bicyclic) bond motifs is 1. The van der Waals surface area contributed by atoms with Crippen LogP contribution in [-0.4, -0.2) is 27.6 Å². The first-order valence-corrected chi connectivity index (χ1v) is 6.59. The highest BCUT2D eigenvalue weighted by Gasteiger charge is 2.55. The lowest BCUT2D eigenvalue weighted by molar-refractivity contribution is 0.354. The third-order valence-corrected chi connectivity index (χ3v) is 4.42. The molecule has 5 heteroatoms. The summed E-state index contributed by atoms with van der Waals surface area (Å²) in [6.07, 6.45) is 2.02. The number of para-hydroxylation sites is 1. The van der Waals surface area contributed by atoms with Crippen molar-refractivity contribution in [2.24, 2.45) is 0 Å². The van der Waals surface area contributed by atoms with E-state index in [2.05, 4.69) is 10.00 Å². The zero-order chi connectivity index (χ0) is 12.3. The first-order valence-electron chi connectivity index (χ1n) is 6.25. The number of halogens is 2. The van der Waals surface area contributed by atoms with Crippen LogP contribution in [0, 0.1) is 0 Å². The van der Waals surface area contributed by atoms with Crippen LogP contribution < -0.4 is 4.90 Å². The molecule has 4 rings (SSSR count). The molecule has 0 radical (unpaired) electrons. The smallest absolute Gasteiger partial charge is 0.160 e. The van der Waals surface area contributed by atoms with Gasteiger partial charge in [0.1, 0.15) is 6.17 Å². The summed E-state index contributed by atoms with van der Waals surface area (Å²) in [7, 11) is 0. The van der Waals surface area contributed by atoms with Gasteiger partial charge < -0.3 is 4.90 Å². The van der Waals surface area contributed by atoms with E-state index in [9.17, 15) is 4.39 Å². The second-order valence-corrected chi connectivity index (χ2v) is 5.66. The van der Waals surface area contributed by atoms with Crippen LogP contribution in [0.4, 0.5) is 10.2 Å². The molecule has 1 atom stereocenters. The summed E-state index contributed by atoms with van der Waals surface area (Å²) in [5.74, 6) is 0.832. The fourth-order valence-electron chi connectivity index (χ4n) is 3.12. The molecule has 2 aromatic rings. The highest BCUT2D eigenvalue weighted by Crippen LogP contribution is 2.52. The van der Waals surface area contributed by atoms with Gasteiger partial charge in [-0.2, -0.15) is 4.20 Å². The third kappa shape index (κ3) is 1.32. The number of hydrogen-bond acceptors (Lipinski definition) is 2. The van der Waals surface area contributed by atoms with Crippen molar-refractivity contribution >= 4 is 28.5 Å². The van der Waals surface area contributed by atoms with Crippen molar-refractivity contribution in [3.63, 3.8) is 0 Å². The second-order valence-electron chi connectivity index (χ2n) is 5.34. The predicted octanol–water partition coefficient (Wildman–Crippen LogP) is 3.12. The molecule has 0 bridgehead atoms. The van der Waals surface area contributed by atoms with Gasteiger partial charge in [0, 0.05) is 29.1 Å². The number of aromatic nitrogens is 2. The van der Waals surface area contributed by atoms with Gasteiger partial charge in [-0.25, -0.2) is 4.39 Å². The Morgan fingerprint density at radius 3 is 2.89 bits per heavy atom. The van der Waals surface area contributed by atoms with Gasteiger partial charge in [-0.1, -0.05) is 12.1 Å². The standard InChI is InChI=1S/C13H13ClFN3/c14-18-11-4-2-1-3-10(11)12(16-18)17-8-9(15)7-13(17)5-6-13/h1-4,9H,5-8H2. The Morgan fingerprint density at radius 2 is 2.11 bits per heavy atom. The maximum atomic E-state index is 13.7. The molecule has 1 aromatic carbocycles. The molecule has 2 fully saturated rings. The zero-order valence-corrected chi connectivity index (χ0v) is 10.6. The Morgan fingerprint density at radius 1 is 1.33 bits per heavy atom. The van der Waals surface area contributed by atoms with Crippen LogP contribution >= 0.6 is 11.8 Å². The van der Waals surface area contributed by atoms with E-state index < -0.39 is 6.17 Å². The average molecular weight is 266 g/mol. The van der Waals surface area contributed by atoms with Crippen molar-refractivity contribution in [1.82, 2.24) is 9.30 Å². The summed E-state index contributed by atoms with van der Waals surface area (Å²) in [5.41, 5.74) is 0.903. The predicted molar refractivity (Wildman–Crippen MR) is 69.8 cm³/mol. The minimum Gasteiger partial charge on any atom is -0.346 e. The topological polar surface area (TPSA) is 21.1 Å². The molecule has 1 saturated carbocycles. The lowest BCUT2D eigenvalue weighted by atomic mass is 10.2. The normalized spacial score (nSPS) is 25.2. The summed E-state index contributed by atoms with van der Waals surface area (Å²) < 4.78 is 15.1. The van der Waals surface area contributed by atoms with Gasteiger partial charge >= 0.3 is 0 Å². The molecule has 0 N–H and O–H groups in total. The number of benzene rings is 1. The number of alkyl halides is 1. The van der Waals surface area contributed by atoms with E-state index in [4.69, 9.17) is 11.8 Å². The van der Waals surface area contributed by atoms with Crippen LogP contribution in [0.1, 0.15) is 19.3 Å². The maximum absolute atomic E-state index is 13.7. The molecule has 18 heavy (non-hydrogen) atoms. The van der Waals surface area contributed by atoms with Gasteiger partial charge in [0.25, 0.3) is 0 Å². The minimum atomic E-state index is -0.744. The van der Waals surface area contributed by atoms with E-state index in [1.165, 1.54) is 4.20 Å². The SMILES string of the molecule is FC1CN(c2nn(Cl)c3ccccc23)C2(CC2)C1. The molecule has 3 nitrogen and oxygen atoms in total. The van der Waals surface area contributed by atoms with Crippen LogP contribution in [0.15, 0.2) is 24.3 Å². The first kappa shape index (κ1) is 10.6. The highest BCUT2D eigenvalue weighted by molar-refractivity contribution is 6.19. The van der Waals surface area contributed by atoms with Crippen LogP contribution in [0.3, 0.4) is 0 Å². The van der Waals surface area contributed by atoms with Crippen molar-refractivity contribution in [2.45, 2.75) is 31.0 Å². The van der Waals surface area contributed by atoms with Crippen LogP contribution in [-0.2, 0) is 0 Å². The highest BCUT2D eigenvalue weighted by atomic mass is 35.5. The van der Waals surface area contributed by atoms with E-state index in [0.717, 1.165) is 29.6 Å². The number of rotatable bonds is 1. The summed E-state index contributed by atoms with van der Waals surface area (Å²) in [4.78, 5) is 2.12. The Balaban J connectivity index is 1.88. The largest absolute Gasteiger partial charge is 0.346 e. The Bertz CT molecular complexity index is 620. The average Bonchev–Trinajstić information content (AvgIpc) is 2.95. The van der Waals surface area contributed by atoms with Crippen LogP contribution in [0.25, 0.3) is 10.9 Å². The van der Waals surface area contributed by atoms with Gasteiger partial charge in [-0.05, 0) is 25.0 Å². The number of hydrogen-bond donors (Lipinski definition) is 0. The van der Waals surface area contributed by atoms with E-state index >= 15 is 0 Å². The summed E-state index contributed by atoms with van der Waals surface area (Å²) in [5, 5.41) is 5.39. The molecule has 1 aliphatic heterocycles. The molecule has 1 unspecified atom stereocenters. The molecule has 1 saturated heterocycles. The molecule has 0 amide bonds. The third-order valence-electron chi connectivity index (χ3n) is 4.16. The van der Waals surface area contributed by atoms with Crippen molar-refractivity contribution < 1.29 is 4.39 Å². The number of anilines is 1. The van der Waals surface area contributed by atoms with Gasteiger partial charge in [0.2, 0.25) is 0 Å². The van der Waals surface area contributed by atoms with Gasteiger partial charge in [-0.3, -0.25) is 0 Å². The second kappa shape index (κ2) is 3.38. The van der Waals surface area contributed by atoms with Crippen LogP contribution in [0.2, 0.25) is 0 Å². The fourth-order valence-corrected chi connectivity index (χ4v) is 3.34. The summed E-state index contributed by atoms with van der Waals surface area (Å²) >= 11 is 6.09. The van der Waals surface area contributed by atoms with E-state index in [0.29, 0.717) is 13.0 Å². The number of nitrogens with zero attached hydrogens (tertiary/aromatic N) is 3. The monoisotopic (exact) mass is 265 g/mol. The summed E-state index contributed by atoms with van der Waals surface area (Å²) in [6, 6.07) is 7.83. The molecule has 1 aromatic heterocycles. The quantitative estimate of drug-likeness (QED) is 0.790. The zero-order valence-electron chi connectivity index (χ0n) is 9.81. The Labute approximate surface area is 109 Å². The van der Waals surface area contributed by atoms with Crippen LogP contribution in [0.5, 0.6) is 0 Å². The molecule has 2 aliphatic rings. The fraction of sp³-hybridized carbons (Fsp3) is 0.462.